The molecule has 1 aliphatic rings. The molecule has 0 unspecified atom stereocenters. The third kappa shape index (κ3) is 2.59. The van der Waals surface area contributed by atoms with Gasteiger partial charge in [-0.3, -0.25) is 0 Å². The molecule has 0 bridgehead atoms. The summed E-state index contributed by atoms with van der Waals surface area (Å²) in [4.78, 5) is 3.42. The van der Waals surface area contributed by atoms with Crippen LogP contribution in [-0.2, 0) is 4.84 Å². The molecule has 1 aliphatic heterocycles. The Hall–Kier alpha value is -0.200. The van der Waals surface area contributed by atoms with Crippen LogP contribution in [0.3, 0.4) is 0 Å². The van der Waals surface area contributed by atoms with Crippen LogP contribution in [0.5, 0.6) is 0 Å². The quantitative estimate of drug-likeness (QED) is 0.556. The monoisotopic (exact) mass is 169 g/mol. The topological polar surface area (TPSA) is 12.5 Å². The fraction of sp³-hybridized carbons (Fsp3) is 0.250. The third-order valence-corrected chi connectivity index (χ3v) is 1.22. The van der Waals surface area contributed by atoms with E-state index in [4.69, 9.17) is 0 Å². The van der Waals surface area contributed by atoms with Crippen molar-refractivity contribution in [1.82, 2.24) is 4.47 Å². The molecule has 1 rings (SSSR count). The summed E-state index contributed by atoms with van der Waals surface area (Å²) in [6.45, 7) is 2.19. The number of alkyl halides is 3. The fourth-order valence-corrected chi connectivity index (χ4v) is 0.831. The van der Waals surface area contributed by atoms with E-state index >= 15 is 0 Å². The highest BCUT2D eigenvalue weighted by molar-refractivity contribution is 8.00. The van der Waals surface area contributed by atoms with Gasteiger partial charge in [-0.2, -0.15) is 4.84 Å². The van der Waals surface area contributed by atoms with Gasteiger partial charge in [0, 0.05) is 0 Å². The number of hydroxylamine groups is 1. The highest BCUT2D eigenvalue weighted by Gasteiger charge is 2.34. The minimum absolute atomic E-state index is 0.500. The number of halogens is 3. The molecule has 0 aromatic rings. The first-order valence-corrected chi connectivity index (χ1v) is 3.05. The maximum absolute atomic E-state index is 11.4. The first kappa shape index (κ1) is 7.90. The SMILES string of the molecule is FC(F)(F)ON1[C]C=CS1. The Bertz CT molecular complexity index is 138. The van der Waals surface area contributed by atoms with Gasteiger partial charge in [0.15, 0.2) is 0 Å². The zero-order chi connectivity index (χ0) is 7.61. The zero-order valence-corrected chi connectivity index (χ0v) is 5.37. The minimum atomic E-state index is -4.63. The van der Waals surface area contributed by atoms with Crippen LogP contribution < -0.4 is 0 Å². The standard InChI is InChI=1S/C4H2F3NOS/c5-4(6,7)9-8-2-1-3-10-8/h1,3H. The van der Waals surface area contributed by atoms with E-state index in [1.54, 1.807) is 0 Å². The first-order chi connectivity index (χ1) is 4.58. The van der Waals surface area contributed by atoms with Crippen LogP contribution in [0.1, 0.15) is 0 Å². The van der Waals surface area contributed by atoms with Crippen LogP contribution in [0.25, 0.3) is 0 Å². The van der Waals surface area contributed by atoms with Crippen LogP contribution >= 0.6 is 11.9 Å². The summed E-state index contributed by atoms with van der Waals surface area (Å²) < 4.78 is 34.6. The summed E-state index contributed by atoms with van der Waals surface area (Å²) in [5.74, 6) is 0. The lowest BCUT2D eigenvalue weighted by Gasteiger charge is -2.13. The largest absolute Gasteiger partial charge is 0.540 e. The predicted molar refractivity (Wildman–Crippen MR) is 29.0 cm³/mol. The van der Waals surface area contributed by atoms with Gasteiger partial charge in [0.1, 0.15) is 6.54 Å². The van der Waals surface area contributed by atoms with Crippen LogP contribution in [0.4, 0.5) is 13.2 Å². The number of rotatable bonds is 1. The molecule has 10 heavy (non-hydrogen) atoms. The molecule has 0 aliphatic carbocycles. The lowest BCUT2D eigenvalue weighted by atomic mass is 10.7. The van der Waals surface area contributed by atoms with Crippen molar-refractivity contribution in [2.75, 3.05) is 0 Å². The average Bonchev–Trinajstić information content (AvgIpc) is 2.12. The Balaban J connectivity index is 2.26. The second kappa shape index (κ2) is 2.81. The summed E-state index contributed by atoms with van der Waals surface area (Å²) in [7, 11) is 0. The Morgan fingerprint density at radius 2 is 2.20 bits per heavy atom. The molecule has 56 valence electrons. The van der Waals surface area contributed by atoms with E-state index in [1.165, 1.54) is 11.5 Å². The number of hydrogen-bond donors (Lipinski definition) is 0. The lowest BCUT2D eigenvalue weighted by Crippen LogP contribution is -2.22. The van der Waals surface area contributed by atoms with Crippen molar-refractivity contribution in [2.45, 2.75) is 6.36 Å². The van der Waals surface area contributed by atoms with Crippen molar-refractivity contribution in [2.24, 2.45) is 0 Å². The van der Waals surface area contributed by atoms with Gasteiger partial charge in [0.25, 0.3) is 0 Å². The molecule has 0 N–H and O–H groups in total. The molecule has 6 heteroatoms. The summed E-state index contributed by atoms with van der Waals surface area (Å²) in [6, 6.07) is 0. The van der Waals surface area contributed by atoms with E-state index in [0.29, 0.717) is 4.47 Å². The molecular formula is C4H2F3NOS. The van der Waals surface area contributed by atoms with Crippen molar-refractivity contribution in [3.8, 4) is 0 Å². The molecule has 0 fully saturated rings. The maximum Gasteiger partial charge on any atom is 0.540 e. The highest BCUT2D eigenvalue weighted by atomic mass is 32.2. The number of nitrogens with zero attached hydrogens (tertiary/aromatic N) is 1. The van der Waals surface area contributed by atoms with Gasteiger partial charge in [-0.05, 0) is 23.4 Å². The normalized spacial score (nSPS) is 20.3. The molecule has 0 aromatic heterocycles. The van der Waals surface area contributed by atoms with Crippen molar-refractivity contribution in [3.63, 3.8) is 0 Å². The van der Waals surface area contributed by atoms with Crippen molar-refractivity contribution in [1.29, 1.82) is 0 Å². The zero-order valence-electron chi connectivity index (χ0n) is 4.55. The molecular weight excluding hydrogens is 167 g/mol. The summed E-state index contributed by atoms with van der Waals surface area (Å²) in [5, 5.41) is 1.42. The molecule has 0 spiro atoms. The van der Waals surface area contributed by atoms with Gasteiger partial charge in [-0.1, -0.05) is 0 Å². The van der Waals surface area contributed by atoms with Gasteiger partial charge in [0.2, 0.25) is 0 Å². The number of hydrogen-bond acceptors (Lipinski definition) is 3. The first-order valence-electron chi connectivity index (χ1n) is 2.22. The molecule has 0 aromatic carbocycles. The van der Waals surface area contributed by atoms with Crippen molar-refractivity contribution in [3.05, 3.63) is 18.0 Å². The molecule has 0 atom stereocenters. The molecule has 0 saturated carbocycles. The molecule has 0 saturated heterocycles. The molecule has 0 amide bonds. The summed E-state index contributed by atoms with van der Waals surface area (Å²) in [5.41, 5.74) is 0. The Morgan fingerprint density at radius 1 is 1.50 bits per heavy atom. The van der Waals surface area contributed by atoms with Crippen LogP contribution in [0.2, 0.25) is 0 Å². The van der Waals surface area contributed by atoms with Crippen LogP contribution in [-0.4, -0.2) is 10.8 Å². The van der Waals surface area contributed by atoms with Crippen LogP contribution in [0.15, 0.2) is 11.5 Å². The van der Waals surface area contributed by atoms with Gasteiger partial charge >= 0.3 is 6.36 Å². The smallest absolute Gasteiger partial charge is 0.188 e. The van der Waals surface area contributed by atoms with Gasteiger partial charge in [-0.15, -0.1) is 17.6 Å². The van der Waals surface area contributed by atoms with Gasteiger partial charge in [0.05, 0.1) is 0 Å². The second-order valence-corrected chi connectivity index (χ2v) is 2.15. The van der Waals surface area contributed by atoms with Crippen molar-refractivity contribution >= 4 is 11.9 Å². The van der Waals surface area contributed by atoms with E-state index in [-0.39, 0.29) is 0 Å². The Kier molecular flexibility index (Phi) is 2.22. The molecule has 2 nitrogen and oxygen atoms in total. The summed E-state index contributed by atoms with van der Waals surface area (Å²) >= 11 is 0.769. The second-order valence-electron chi connectivity index (χ2n) is 1.33. The highest BCUT2D eigenvalue weighted by Crippen LogP contribution is 2.28. The fourth-order valence-electron chi connectivity index (χ4n) is 0.349. The van der Waals surface area contributed by atoms with Gasteiger partial charge in [-0.25, -0.2) is 0 Å². The van der Waals surface area contributed by atoms with E-state index < -0.39 is 6.36 Å². The molecule has 2 radical (unpaired) electrons. The van der Waals surface area contributed by atoms with E-state index in [2.05, 4.69) is 11.4 Å². The van der Waals surface area contributed by atoms with Crippen LogP contribution in [0, 0.1) is 6.54 Å². The maximum atomic E-state index is 11.4. The average molecular weight is 169 g/mol. The Labute approximate surface area is 59.7 Å². The summed E-state index contributed by atoms with van der Waals surface area (Å²) in [6.07, 6.45) is -3.30. The van der Waals surface area contributed by atoms with E-state index in [0.717, 1.165) is 11.9 Å². The minimum Gasteiger partial charge on any atom is -0.188 e. The molecule has 1 heterocycles. The van der Waals surface area contributed by atoms with Gasteiger partial charge < -0.3 is 0 Å². The van der Waals surface area contributed by atoms with E-state index in [9.17, 15) is 13.2 Å². The predicted octanol–water partition coefficient (Wildman–Crippen LogP) is 1.95. The van der Waals surface area contributed by atoms with Crippen molar-refractivity contribution < 1.29 is 18.0 Å². The Morgan fingerprint density at radius 3 is 2.60 bits per heavy atom. The third-order valence-electron chi connectivity index (χ3n) is 0.591. The van der Waals surface area contributed by atoms with E-state index in [1.807, 2.05) is 0 Å². The lowest BCUT2D eigenvalue weighted by molar-refractivity contribution is -0.380.